The fourth-order valence-corrected chi connectivity index (χ4v) is 1.90. The number of benzene rings is 2. The number of nitriles is 1. The monoisotopic (exact) mass is 254 g/mol. The van der Waals surface area contributed by atoms with Gasteiger partial charge in [0.1, 0.15) is 11.9 Å². The first-order valence-corrected chi connectivity index (χ1v) is 6.13. The molecule has 0 fully saturated rings. The van der Waals surface area contributed by atoms with E-state index in [0.29, 0.717) is 12.1 Å². The second-order valence-corrected chi connectivity index (χ2v) is 4.44. The molecule has 0 aliphatic heterocycles. The standard InChI is InChI=1S/C16H15FN2/c1-12-9-14(7-8-15(12)17)16(10-18)19-11-13-5-3-2-4-6-13/h2-9,16,19H,11H2,1H3. The van der Waals surface area contributed by atoms with Crippen LogP contribution in [0.25, 0.3) is 0 Å². The summed E-state index contributed by atoms with van der Waals surface area (Å²) in [6.07, 6.45) is 0. The summed E-state index contributed by atoms with van der Waals surface area (Å²) in [5, 5.41) is 12.4. The molecule has 0 saturated heterocycles. The van der Waals surface area contributed by atoms with E-state index in [1.54, 1.807) is 19.1 Å². The topological polar surface area (TPSA) is 35.8 Å². The molecule has 0 bridgehead atoms. The number of hydrogen-bond donors (Lipinski definition) is 1. The molecule has 0 radical (unpaired) electrons. The van der Waals surface area contributed by atoms with Crippen molar-refractivity contribution >= 4 is 0 Å². The van der Waals surface area contributed by atoms with E-state index in [-0.39, 0.29) is 5.82 Å². The molecule has 96 valence electrons. The van der Waals surface area contributed by atoms with E-state index in [2.05, 4.69) is 11.4 Å². The number of nitrogens with zero attached hydrogens (tertiary/aromatic N) is 1. The smallest absolute Gasteiger partial charge is 0.126 e. The minimum absolute atomic E-state index is 0.247. The van der Waals surface area contributed by atoms with Crippen LogP contribution in [0.3, 0.4) is 0 Å². The van der Waals surface area contributed by atoms with E-state index in [1.165, 1.54) is 6.07 Å². The third-order valence-electron chi connectivity index (χ3n) is 3.00. The van der Waals surface area contributed by atoms with Crippen LogP contribution in [0, 0.1) is 24.1 Å². The van der Waals surface area contributed by atoms with Gasteiger partial charge in [0.25, 0.3) is 0 Å². The van der Waals surface area contributed by atoms with Gasteiger partial charge in [-0.3, -0.25) is 5.32 Å². The Balaban J connectivity index is 2.08. The molecule has 19 heavy (non-hydrogen) atoms. The lowest BCUT2D eigenvalue weighted by Crippen LogP contribution is -2.19. The van der Waals surface area contributed by atoms with E-state index >= 15 is 0 Å². The lowest BCUT2D eigenvalue weighted by atomic mass is 10.0. The first-order valence-electron chi connectivity index (χ1n) is 6.13. The summed E-state index contributed by atoms with van der Waals surface area (Å²) in [4.78, 5) is 0. The van der Waals surface area contributed by atoms with Gasteiger partial charge in [-0.15, -0.1) is 0 Å². The van der Waals surface area contributed by atoms with E-state index in [9.17, 15) is 9.65 Å². The van der Waals surface area contributed by atoms with Crippen LogP contribution >= 0.6 is 0 Å². The number of aryl methyl sites for hydroxylation is 1. The Morgan fingerprint density at radius 2 is 1.95 bits per heavy atom. The molecule has 0 aliphatic rings. The highest BCUT2D eigenvalue weighted by Crippen LogP contribution is 2.16. The highest BCUT2D eigenvalue weighted by Gasteiger charge is 2.11. The first kappa shape index (κ1) is 13.3. The third-order valence-corrected chi connectivity index (χ3v) is 3.00. The first-order chi connectivity index (χ1) is 9.20. The van der Waals surface area contributed by atoms with Gasteiger partial charge >= 0.3 is 0 Å². The van der Waals surface area contributed by atoms with Crippen molar-refractivity contribution in [3.8, 4) is 6.07 Å². The van der Waals surface area contributed by atoms with Crippen LogP contribution in [0.4, 0.5) is 4.39 Å². The Bertz CT molecular complexity index is 587. The molecule has 0 heterocycles. The molecule has 2 nitrogen and oxygen atoms in total. The summed E-state index contributed by atoms with van der Waals surface area (Å²) in [5.41, 5.74) is 2.46. The van der Waals surface area contributed by atoms with Crippen molar-refractivity contribution in [3.63, 3.8) is 0 Å². The summed E-state index contributed by atoms with van der Waals surface area (Å²) in [7, 11) is 0. The van der Waals surface area contributed by atoms with Gasteiger partial charge in [-0.25, -0.2) is 4.39 Å². The van der Waals surface area contributed by atoms with E-state index in [4.69, 9.17) is 0 Å². The highest BCUT2D eigenvalue weighted by molar-refractivity contribution is 5.30. The Morgan fingerprint density at radius 3 is 2.58 bits per heavy atom. The van der Waals surface area contributed by atoms with E-state index in [1.807, 2.05) is 30.3 Å². The Morgan fingerprint density at radius 1 is 1.21 bits per heavy atom. The second kappa shape index (κ2) is 6.12. The van der Waals surface area contributed by atoms with Crippen molar-refractivity contribution in [3.05, 3.63) is 71.0 Å². The van der Waals surface area contributed by atoms with Crippen LogP contribution in [0.2, 0.25) is 0 Å². The maximum absolute atomic E-state index is 13.2. The third kappa shape index (κ3) is 3.40. The van der Waals surface area contributed by atoms with E-state index in [0.717, 1.165) is 11.1 Å². The van der Waals surface area contributed by atoms with Gasteiger partial charge in [0.2, 0.25) is 0 Å². The molecule has 2 aromatic carbocycles. The molecule has 1 atom stereocenters. The van der Waals surface area contributed by atoms with Crippen LogP contribution in [-0.4, -0.2) is 0 Å². The number of hydrogen-bond acceptors (Lipinski definition) is 2. The Labute approximate surface area is 112 Å². The van der Waals surface area contributed by atoms with Gasteiger partial charge in [-0.1, -0.05) is 42.5 Å². The van der Waals surface area contributed by atoms with Crippen molar-refractivity contribution < 1.29 is 4.39 Å². The van der Waals surface area contributed by atoms with Crippen molar-refractivity contribution in [2.24, 2.45) is 0 Å². The normalized spacial score (nSPS) is 11.8. The van der Waals surface area contributed by atoms with Gasteiger partial charge < -0.3 is 0 Å². The maximum Gasteiger partial charge on any atom is 0.126 e. The second-order valence-electron chi connectivity index (χ2n) is 4.44. The maximum atomic E-state index is 13.2. The fourth-order valence-electron chi connectivity index (χ4n) is 1.90. The summed E-state index contributed by atoms with van der Waals surface area (Å²) in [6, 6.07) is 16.4. The highest BCUT2D eigenvalue weighted by atomic mass is 19.1. The zero-order valence-corrected chi connectivity index (χ0v) is 10.7. The molecule has 0 spiro atoms. The van der Waals surface area contributed by atoms with Crippen LogP contribution in [-0.2, 0) is 6.54 Å². The molecule has 1 N–H and O–H groups in total. The predicted octanol–water partition coefficient (Wildman–Crippen LogP) is 3.49. The number of halogens is 1. The lowest BCUT2D eigenvalue weighted by molar-refractivity contribution is 0.607. The van der Waals surface area contributed by atoms with Crippen LogP contribution in [0.5, 0.6) is 0 Å². The van der Waals surface area contributed by atoms with Crippen molar-refractivity contribution in [1.82, 2.24) is 5.32 Å². The lowest BCUT2D eigenvalue weighted by Gasteiger charge is -2.12. The SMILES string of the molecule is Cc1cc(C(C#N)NCc2ccccc2)ccc1F. The van der Waals surface area contributed by atoms with Crippen molar-refractivity contribution in [1.29, 1.82) is 5.26 Å². The summed E-state index contributed by atoms with van der Waals surface area (Å²) in [5.74, 6) is -0.247. The van der Waals surface area contributed by atoms with E-state index < -0.39 is 6.04 Å². The molecule has 2 aromatic rings. The van der Waals surface area contributed by atoms with Gasteiger partial charge in [-0.2, -0.15) is 5.26 Å². The van der Waals surface area contributed by atoms with Gasteiger partial charge in [-0.05, 0) is 29.7 Å². The van der Waals surface area contributed by atoms with Crippen LogP contribution in [0.1, 0.15) is 22.7 Å². The fraction of sp³-hybridized carbons (Fsp3) is 0.188. The van der Waals surface area contributed by atoms with Gasteiger partial charge in [0.05, 0.1) is 6.07 Å². The molecule has 0 aromatic heterocycles. The molecule has 0 amide bonds. The Hall–Kier alpha value is -2.18. The largest absolute Gasteiger partial charge is 0.294 e. The Kier molecular flexibility index (Phi) is 4.27. The summed E-state index contributed by atoms with van der Waals surface area (Å²) < 4.78 is 13.2. The molecule has 1 unspecified atom stereocenters. The van der Waals surface area contributed by atoms with Crippen LogP contribution < -0.4 is 5.32 Å². The molecule has 0 saturated carbocycles. The number of rotatable bonds is 4. The molecular formula is C16H15FN2. The molecule has 2 rings (SSSR count). The molecular weight excluding hydrogens is 239 g/mol. The average Bonchev–Trinajstić information content (AvgIpc) is 2.44. The van der Waals surface area contributed by atoms with Crippen molar-refractivity contribution in [2.45, 2.75) is 19.5 Å². The summed E-state index contributed by atoms with van der Waals surface area (Å²) >= 11 is 0. The zero-order valence-electron chi connectivity index (χ0n) is 10.7. The quantitative estimate of drug-likeness (QED) is 0.906. The zero-order chi connectivity index (χ0) is 13.7. The minimum atomic E-state index is -0.431. The van der Waals surface area contributed by atoms with Gasteiger partial charge in [0, 0.05) is 6.54 Å². The number of nitrogens with one attached hydrogen (secondary N) is 1. The van der Waals surface area contributed by atoms with Crippen molar-refractivity contribution in [2.75, 3.05) is 0 Å². The molecule has 3 heteroatoms. The average molecular weight is 254 g/mol. The molecule has 0 aliphatic carbocycles. The minimum Gasteiger partial charge on any atom is -0.294 e. The summed E-state index contributed by atoms with van der Waals surface area (Å²) in [6.45, 7) is 2.31. The van der Waals surface area contributed by atoms with Crippen LogP contribution in [0.15, 0.2) is 48.5 Å². The predicted molar refractivity (Wildman–Crippen MR) is 72.8 cm³/mol. The van der Waals surface area contributed by atoms with Gasteiger partial charge in [0.15, 0.2) is 0 Å².